The van der Waals surface area contributed by atoms with Gasteiger partial charge in [-0.15, -0.1) is 0 Å². The van der Waals surface area contributed by atoms with Crippen molar-refractivity contribution in [3.63, 3.8) is 0 Å². The monoisotopic (exact) mass is 339 g/mol. The minimum Gasteiger partial charge on any atom is -0.497 e. The van der Waals surface area contributed by atoms with Crippen molar-refractivity contribution in [1.29, 1.82) is 0 Å². The molecule has 0 radical (unpaired) electrons. The molecule has 0 spiro atoms. The van der Waals surface area contributed by atoms with E-state index < -0.39 is 0 Å². The highest BCUT2D eigenvalue weighted by atomic mass is 16.5. The van der Waals surface area contributed by atoms with E-state index in [2.05, 4.69) is 54.3 Å². The Hall–Kier alpha value is -2.37. The van der Waals surface area contributed by atoms with E-state index in [1.807, 2.05) is 24.3 Å². The van der Waals surface area contributed by atoms with Crippen molar-refractivity contribution in [2.24, 2.45) is 0 Å². The summed E-state index contributed by atoms with van der Waals surface area (Å²) in [4.78, 5) is 12.5. The van der Waals surface area contributed by atoms with Crippen LogP contribution in [0.4, 0.5) is 0 Å². The third-order valence-electron chi connectivity index (χ3n) is 4.61. The normalized spacial score (nSPS) is 22.6. The van der Waals surface area contributed by atoms with Crippen molar-refractivity contribution < 1.29 is 9.53 Å². The molecule has 1 fully saturated rings. The van der Waals surface area contributed by atoms with Crippen LogP contribution in [0.3, 0.4) is 0 Å². The highest BCUT2D eigenvalue weighted by Crippen LogP contribution is 2.26. The third kappa shape index (κ3) is 4.18. The molecule has 1 amide bonds. The molecule has 3 N–H and O–H groups in total. The Labute approximate surface area is 148 Å². The third-order valence-corrected chi connectivity index (χ3v) is 4.61. The van der Waals surface area contributed by atoms with Crippen LogP contribution in [0, 0.1) is 6.92 Å². The number of hydrogen-bond donors (Lipinski definition) is 3. The van der Waals surface area contributed by atoms with Crippen LogP contribution in [0.5, 0.6) is 5.75 Å². The molecule has 0 bridgehead atoms. The van der Waals surface area contributed by atoms with Gasteiger partial charge in [-0.05, 0) is 37.1 Å². The number of amides is 1. The highest BCUT2D eigenvalue weighted by Gasteiger charge is 2.35. The summed E-state index contributed by atoms with van der Waals surface area (Å²) in [5.41, 5.74) is 9.82. The molecule has 1 heterocycles. The molecule has 5 nitrogen and oxygen atoms in total. The largest absolute Gasteiger partial charge is 0.497 e. The molecule has 3 atom stereocenters. The van der Waals surface area contributed by atoms with Gasteiger partial charge in [-0.2, -0.15) is 0 Å². The minimum absolute atomic E-state index is 0.0145. The van der Waals surface area contributed by atoms with Crippen LogP contribution >= 0.6 is 0 Å². The maximum absolute atomic E-state index is 12.5. The molecule has 3 rings (SSSR count). The number of benzene rings is 2. The number of ether oxygens (including phenoxy) is 1. The predicted octanol–water partition coefficient (Wildman–Crippen LogP) is 2.27. The van der Waals surface area contributed by atoms with Crippen molar-refractivity contribution in [1.82, 2.24) is 16.2 Å². The lowest BCUT2D eigenvalue weighted by molar-refractivity contribution is -0.121. The summed E-state index contributed by atoms with van der Waals surface area (Å²) in [6.45, 7) is 4.20. The summed E-state index contributed by atoms with van der Waals surface area (Å²) in [7, 11) is 1.63. The van der Waals surface area contributed by atoms with E-state index in [0.717, 1.165) is 11.3 Å². The van der Waals surface area contributed by atoms with E-state index in [-0.39, 0.29) is 24.0 Å². The zero-order valence-electron chi connectivity index (χ0n) is 14.9. The predicted molar refractivity (Wildman–Crippen MR) is 98.3 cm³/mol. The number of aryl methyl sites for hydroxylation is 1. The smallest absolute Gasteiger partial charge is 0.225 e. The van der Waals surface area contributed by atoms with Crippen LogP contribution in [0.2, 0.25) is 0 Å². The van der Waals surface area contributed by atoms with Gasteiger partial charge in [0.15, 0.2) is 0 Å². The highest BCUT2D eigenvalue weighted by molar-refractivity contribution is 5.79. The molecule has 1 aliphatic heterocycles. The van der Waals surface area contributed by atoms with Gasteiger partial charge in [-0.1, -0.05) is 42.0 Å². The molecule has 132 valence electrons. The van der Waals surface area contributed by atoms with E-state index in [0.29, 0.717) is 6.42 Å². The van der Waals surface area contributed by atoms with Crippen LogP contribution in [0.1, 0.15) is 29.5 Å². The zero-order valence-corrected chi connectivity index (χ0v) is 14.9. The summed E-state index contributed by atoms with van der Waals surface area (Å²) in [5, 5.41) is 3.11. The Kier molecular flexibility index (Phi) is 5.36. The van der Waals surface area contributed by atoms with Crippen molar-refractivity contribution in [3.8, 4) is 5.75 Å². The second kappa shape index (κ2) is 7.68. The SMILES string of the molecule is COc1cccc(CC(=O)NC2NNC(C)C2c2cccc(C)c2)c1. The Morgan fingerprint density at radius 2 is 1.96 bits per heavy atom. The maximum atomic E-state index is 12.5. The number of methoxy groups -OCH3 is 1. The second-order valence-corrected chi connectivity index (χ2v) is 6.59. The van der Waals surface area contributed by atoms with Gasteiger partial charge >= 0.3 is 0 Å². The lowest BCUT2D eigenvalue weighted by Gasteiger charge is -2.23. The zero-order chi connectivity index (χ0) is 17.8. The molecule has 3 unspecified atom stereocenters. The summed E-state index contributed by atoms with van der Waals surface area (Å²) in [5.74, 6) is 0.922. The van der Waals surface area contributed by atoms with E-state index in [1.54, 1.807) is 7.11 Å². The lowest BCUT2D eigenvalue weighted by atomic mass is 9.90. The van der Waals surface area contributed by atoms with E-state index in [9.17, 15) is 4.79 Å². The summed E-state index contributed by atoms with van der Waals surface area (Å²) >= 11 is 0. The first-order valence-electron chi connectivity index (χ1n) is 8.57. The van der Waals surface area contributed by atoms with Gasteiger partial charge < -0.3 is 10.1 Å². The van der Waals surface area contributed by atoms with Crippen molar-refractivity contribution >= 4 is 5.91 Å². The van der Waals surface area contributed by atoms with Crippen LogP contribution in [0.15, 0.2) is 48.5 Å². The summed E-state index contributed by atoms with van der Waals surface area (Å²) in [6, 6.07) is 16.3. The number of carbonyl (C=O) groups excluding carboxylic acids is 1. The van der Waals surface area contributed by atoms with E-state index in [4.69, 9.17) is 4.74 Å². The van der Waals surface area contributed by atoms with Gasteiger partial charge in [0.25, 0.3) is 0 Å². The molecule has 2 aromatic carbocycles. The number of nitrogens with one attached hydrogen (secondary N) is 3. The fourth-order valence-corrected chi connectivity index (χ4v) is 3.37. The van der Waals surface area contributed by atoms with E-state index >= 15 is 0 Å². The number of rotatable bonds is 5. The Morgan fingerprint density at radius 1 is 1.16 bits per heavy atom. The molecule has 2 aromatic rings. The second-order valence-electron chi connectivity index (χ2n) is 6.59. The molecular formula is C20H25N3O2. The van der Waals surface area contributed by atoms with Gasteiger partial charge in [0.05, 0.1) is 13.5 Å². The first-order chi connectivity index (χ1) is 12.1. The topological polar surface area (TPSA) is 62.4 Å². The van der Waals surface area contributed by atoms with Crippen LogP contribution in [-0.2, 0) is 11.2 Å². The summed E-state index contributed by atoms with van der Waals surface area (Å²) in [6.07, 6.45) is 0.180. The van der Waals surface area contributed by atoms with Crippen molar-refractivity contribution in [3.05, 3.63) is 65.2 Å². The van der Waals surface area contributed by atoms with Gasteiger partial charge in [0.2, 0.25) is 5.91 Å². The number of carbonyl (C=O) groups is 1. The fraction of sp³-hybridized carbons (Fsp3) is 0.350. The maximum Gasteiger partial charge on any atom is 0.225 e. The quantitative estimate of drug-likeness (QED) is 0.782. The van der Waals surface area contributed by atoms with Crippen LogP contribution in [0.25, 0.3) is 0 Å². The fourth-order valence-electron chi connectivity index (χ4n) is 3.37. The van der Waals surface area contributed by atoms with Crippen molar-refractivity contribution in [2.75, 3.05) is 7.11 Å². The van der Waals surface area contributed by atoms with Crippen molar-refractivity contribution in [2.45, 2.75) is 38.4 Å². The van der Waals surface area contributed by atoms with Crippen LogP contribution in [-0.4, -0.2) is 25.2 Å². The first-order valence-corrected chi connectivity index (χ1v) is 8.57. The van der Waals surface area contributed by atoms with E-state index in [1.165, 1.54) is 11.1 Å². The molecule has 0 saturated carbocycles. The first kappa shape index (κ1) is 17.5. The molecule has 25 heavy (non-hydrogen) atoms. The lowest BCUT2D eigenvalue weighted by Crippen LogP contribution is -2.46. The Bertz CT molecular complexity index is 747. The van der Waals surface area contributed by atoms with Crippen LogP contribution < -0.4 is 20.9 Å². The number of hydrazine groups is 1. The molecule has 5 heteroatoms. The minimum atomic E-state index is -0.144. The van der Waals surface area contributed by atoms with Gasteiger partial charge in [-0.25, -0.2) is 5.43 Å². The standard InChI is InChI=1S/C20H25N3O2/c1-13-6-4-8-16(10-13)19-14(2)22-23-20(19)21-18(24)12-15-7-5-9-17(11-15)25-3/h4-11,14,19-20,22-23H,12H2,1-3H3,(H,21,24). The average Bonchev–Trinajstić information content (AvgIpc) is 2.95. The molecule has 0 aliphatic carbocycles. The number of hydrogen-bond acceptors (Lipinski definition) is 4. The Morgan fingerprint density at radius 3 is 2.72 bits per heavy atom. The van der Waals surface area contributed by atoms with Gasteiger partial charge in [-0.3, -0.25) is 10.2 Å². The molecule has 1 saturated heterocycles. The average molecular weight is 339 g/mol. The molecule has 1 aliphatic rings. The Balaban J connectivity index is 1.69. The molecule has 0 aromatic heterocycles. The molecular weight excluding hydrogens is 314 g/mol. The van der Waals surface area contributed by atoms with Gasteiger partial charge in [0, 0.05) is 12.0 Å². The summed E-state index contributed by atoms with van der Waals surface area (Å²) < 4.78 is 5.22. The van der Waals surface area contributed by atoms with Gasteiger partial charge in [0.1, 0.15) is 11.9 Å².